The first-order valence-corrected chi connectivity index (χ1v) is 6.87. The lowest BCUT2D eigenvalue weighted by Crippen LogP contribution is -2.11. The van der Waals surface area contributed by atoms with Gasteiger partial charge >= 0.3 is 0 Å². The van der Waals surface area contributed by atoms with Gasteiger partial charge in [-0.25, -0.2) is 0 Å². The van der Waals surface area contributed by atoms with Gasteiger partial charge in [-0.1, -0.05) is 22.0 Å². The lowest BCUT2D eigenvalue weighted by atomic mass is 10.0. The van der Waals surface area contributed by atoms with Crippen LogP contribution in [0.5, 0.6) is 0 Å². The number of aryl methyl sites for hydroxylation is 1. The second-order valence-corrected chi connectivity index (χ2v) is 5.40. The van der Waals surface area contributed by atoms with Crippen LogP contribution in [0.4, 0.5) is 0 Å². The lowest BCUT2D eigenvalue weighted by molar-refractivity contribution is 0.769. The third kappa shape index (κ3) is 2.65. The second kappa shape index (κ2) is 5.67. The highest BCUT2D eigenvalue weighted by Gasteiger charge is 2.12. The summed E-state index contributed by atoms with van der Waals surface area (Å²) >= 11 is 3.52. The molecule has 0 bridgehead atoms. The summed E-state index contributed by atoms with van der Waals surface area (Å²) in [6.45, 7) is 5.20. The van der Waals surface area contributed by atoms with E-state index in [4.69, 9.17) is 0 Å². The Morgan fingerprint density at radius 3 is 2.83 bits per heavy atom. The van der Waals surface area contributed by atoms with Crippen molar-refractivity contribution in [2.45, 2.75) is 20.3 Å². The van der Waals surface area contributed by atoms with Crippen molar-refractivity contribution in [3.8, 4) is 11.3 Å². The van der Waals surface area contributed by atoms with Gasteiger partial charge in [0.1, 0.15) is 0 Å². The summed E-state index contributed by atoms with van der Waals surface area (Å²) in [4.78, 5) is 0. The number of nitrogens with one attached hydrogen (secondary N) is 2. The number of aromatic nitrogens is 2. The van der Waals surface area contributed by atoms with Crippen LogP contribution in [-0.2, 0) is 6.42 Å². The van der Waals surface area contributed by atoms with Crippen LogP contribution in [0.1, 0.15) is 16.8 Å². The maximum absolute atomic E-state index is 4.47. The molecule has 2 rings (SSSR count). The Hall–Kier alpha value is -1.13. The number of benzene rings is 1. The van der Waals surface area contributed by atoms with Gasteiger partial charge < -0.3 is 5.32 Å². The minimum absolute atomic E-state index is 0.958. The van der Waals surface area contributed by atoms with Gasteiger partial charge in [-0.2, -0.15) is 5.10 Å². The van der Waals surface area contributed by atoms with Gasteiger partial charge in [0.15, 0.2) is 0 Å². The number of hydrogen-bond donors (Lipinski definition) is 2. The van der Waals surface area contributed by atoms with E-state index in [1.807, 2.05) is 7.05 Å². The molecule has 0 saturated carbocycles. The standard InChI is InChI=1S/C14H18BrN3/c1-9-4-5-11(15)8-12(9)14-10(2)13(17-18-14)6-7-16-3/h4-5,8,16H,6-7H2,1-3H3,(H,17,18). The molecule has 2 aromatic rings. The van der Waals surface area contributed by atoms with Crippen LogP contribution in [0, 0.1) is 13.8 Å². The lowest BCUT2D eigenvalue weighted by Gasteiger charge is -2.05. The van der Waals surface area contributed by atoms with E-state index in [0.29, 0.717) is 0 Å². The second-order valence-electron chi connectivity index (χ2n) is 4.49. The van der Waals surface area contributed by atoms with Gasteiger partial charge in [-0.3, -0.25) is 5.10 Å². The van der Waals surface area contributed by atoms with E-state index >= 15 is 0 Å². The molecule has 1 heterocycles. The number of H-pyrrole nitrogens is 1. The van der Waals surface area contributed by atoms with E-state index in [0.717, 1.165) is 23.1 Å². The quantitative estimate of drug-likeness (QED) is 0.910. The van der Waals surface area contributed by atoms with Crippen molar-refractivity contribution in [1.29, 1.82) is 0 Å². The van der Waals surface area contributed by atoms with Crippen molar-refractivity contribution >= 4 is 15.9 Å². The smallest absolute Gasteiger partial charge is 0.0955 e. The fourth-order valence-electron chi connectivity index (χ4n) is 2.04. The summed E-state index contributed by atoms with van der Waals surface area (Å²) in [5.74, 6) is 0. The highest BCUT2D eigenvalue weighted by atomic mass is 79.9. The summed E-state index contributed by atoms with van der Waals surface area (Å²) in [5, 5.41) is 10.8. The zero-order chi connectivity index (χ0) is 13.1. The van der Waals surface area contributed by atoms with Gasteiger partial charge in [0.25, 0.3) is 0 Å². The molecular weight excluding hydrogens is 290 g/mol. The Balaban J connectivity index is 2.39. The highest BCUT2D eigenvalue weighted by molar-refractivity contribution is 9.10. The predicted molar refractivity (Wildman–Crippen MR) is 78.8 cm³/mol. The van der Waals surface area contributed by atoms with Crippen molar-refractivity contribution in [2.75, 3.05) is 13.6 Å². The molecule has 1 aromatic heterocycles. The third-order valence-electron chi connectivity index (χ3n) is 3.19. The largest absolute Gasteiger partial charge is 0.319 e. The highest BCUT2D eigenvalue weighted by Crippen LogP contribution is 2.28. The number of halogens is 1. The Kier molecular flexibility index (Phi) is 4.19. The summed E-state index contributed by atoms with van der Waals surface area (Å²) in [6, 6.07) is 6.30. The van der Waals surface area contributed by atoms with Crippen LogP contribution in [0.3, 0.4) is 0 Å². The Morgan fingerprint density at radius 1 is 1.33 bits per heavy atom. The van der Waals surface area contributed by atoms with E-state index in [2.05, 4.69) is 63.5 Å². The van der Waals surface area contributed by atoms with E-state index in [9.17, 15) is 0 Å². The summed E-state index contributed by atoms with van der Waals surface area (Å²) < 4.78 is 1.09. The molecule has 0 amide bonds. The van der Waals surface area contributed by atoms with Crippen LogP contribution in [0.25, 0.3) is 11.3 Å². The van der Waals surface area contributed by atoms with Gasteiger partial charge in [0.05, 0.1) is 5.69 Å². The minimum Gasteiger partial charge on any atom is -0.319 e. The summed E-state index contributed by atoms with van der Waals surface area (Å²) in [5.41, 5.74) is 5.94. The number of nitrogens with zero attached hydrogens (tertiary/aromatic N) is 1. The zero-order valence-corrected chi connectivity index (χ0v) is 12.6. The maximum Gasteiger partial charge on any atom is 0.0955 e. The number of aromatic amines is 1. The van der Waals surface area contributed by atoms with Gasteiger partial charge in [-0.15, -0.1) is 0 Å². The predicted octanol–water partition coefficient (Wildman–Crippen LogP) is 3.22. The molecular formula is C14H18BrN3. The molecule has 4 heteroatoms. The number of hydrogen-bond acceptors (Lipinski definition) is 2. The van der Waals surface area contributed by atoms with Gasteiger partial charge in [0, 0.05) is 28.7 Å². The van der Waals surface area contributed by atoms with Crippen molar-refractivity contribution in [1.82, 2.24) is 15.5 Å². The zero-order valence-electron chi connectivity index (χ0n) is 11.0. The Morgan fingerprint density at radius 2 is 2.11 bits per heavy atom. The van der Waals surface area contributed by atoms with E-state index in [-0.39, 0.29) is 0 Å². The van der Waals surface area contributed by atoms with E-state index < -0.39 is 0 Å². The normalized spacial score (nSPS) is 10.9. The van der Waals surface area contributed by atoms with Crippen LogP contribution in [0.2, 0.25) is 0 Å². The molecule has 0 radical (unpaired) electrons. The molecule has 0 saturated heterocycles. The molecule has 3 nitrogen and oxygen atoms in total. The molecule has 0 fully saturated rings. The molecule has 96 valence electrons. The third-order valence-corrected chi connectivity index (χ3v) is 3.68. The number of likely N-dealkylation sites (N-methyl/N-ethyl adjacent to an activating group) is 1. The van der Waals surface area contributed by atoms with E-state index in [1.165, 1.54) is 22.4 Å². The Bertz CT molecular complexity index is 546. The summed E-state index contributed by atoms with van der Waals surface area (Å²) in [7, 11) is 1.96. The molecule has 0 aliphatic heterocycles. The summed E-state index contributed by atoms with van der Waals surface area (Å²) in [6.07, 6.45) is 0.975. The minimum atomic E-state index is 0.958. The molecule has 0 unspecified atom stereocenters. The number of rotatable bonds is 4. The fourth-order valence-corrected chi connectivity index (χ4v) is 2.40. The molecule has 0 atom stereocenters. The van der Waals surface area contributed by atoms with Crippen LogP contribution >= 0.6 is 15.9 Å². The average molecular weight is 308 g/mol. The molecule has 2 N–H and O–H groups in total. The molecule has 0 aliphatic carbocycles. The fraction of sp³-hybridized carbons (Fsp3) is 0.357. The Labute approximate surface area is 116 Å². The topological polar surface area (TPSA) is 40.7 Å². The van der Waals surface area contributed by atoms with Crippen molar-refractivity contribution in [2.24, 2.45) is 0 Å². The van der Waals surface area contributed by atoms with E-state index in [1.54, 1.807) is 0 Å². The maximum atomic E-state index is 4.47. The van der Waals surface area contributed by atoms with Crippen LogP contribution in [-0.4, -0.2) is 23.8 Å². The first kappa shape index (κ1) is 13.3. The van der Waals surface area contributed by atoms with Crippen molar-refractivity contribution < 1.29 is 0 Å². The molecule has 1 aromatic carbocycles. The monoisotopic (exact) mass is 307 g/mol. The first-order valence-electron chi connectivity index (χ1n) is 6.08. The van der Waals surface area contributed by atoms with Gasteiger partial charge in [0.2, 0.25) is 0 Å². The average Bonchev–Trinajstić information content (AvgIpc) is 2.71. The molecule has 0 aliphatic rings. The SMILES string of the molecule is CNCCc1[nH]nc(-c2cc(Br)ccc2C)c1C. The van der Waals surface area contributed by atoms with Crippen molar-refractivity contribution in [3.05, 3.63) is 39.5 Å². The molecule has 18 heavy (non-hydrogen) atoms. The van der Waals surface area contributed by atoms with Gasteiger partial charge in [-0.05, 0) is 44.2 Å². The van der Waals surface area contributed by atoms with Crippen LogP contribution in [0.15, 0.2) is 22.7 Å². The first-order chi connectivity index (χ1) is 8.63. The molecule has 0 spiro atoms. The van der Waals surface area contributed by atoms with Crippen molar-refractivity contribution in [3.63, 3.8) is 0 Å². The van der Waals surface area contributed by atoms with Crippen LogP contribution < -0.4 is 5.32 Å².